The maximum absolute atomic E-state index is 12.3. The lowest BCUT2D eigenvalue weighted by molar-refractivity contribution is -0.161. The highest BCUT2D eigenvalue weighted by atomic mass is 32.1. The second-order valence-electron chi connectivity index (χ2n) is 6.29. The number of ether oxygens (including phenoxy) is 3. The Balaban J connectivity index is 1.18. The van der Waals surface area contributed by atoms with Crippen molar-refractivity contribution >= 4 is 32.7 Å². The minimum absolute atomic E-state index is 0.143. The number of nitrogens with zero attached hydrogens (tertiary/aromatic N) is 2. The monoisotopic (exact) mass is 368 g/mol. The molecule has 0 spiro atoms. The van der Waals surface area contributed by atoms with Crippen LogP contribution < -0.4 is 14.4 Å². The van der Waals surface area contributed by atoms with Gasteiger partial charge in [-0.2, -0.15) is 0 Å². The second-order valence-corrected chi connectivity index (χ2v) is 7.30. The number of carbonyl (C=O) groups is 1. The normalized spacial score (nSPS) is 19.2. The van der Waals surface area contributed by atoms with Crippen molar-refractivity contribution in [1.29, 1.82) is 0 Å². The summed E-state index contributed by atoms with van der Waals surface area (Å²) in [7, 11) is 0. The van der Waals surface area contributed by atoms with Crippen LogP contribution in [0.1, 0.15) is 0 Å². The van der Waals surface area contributed by atoms with Crippen LogP contribution in [0.5, 0.6) is 11.5 Å². The van der Waals surface area contributed by atoms with Gasteiger partial charge in [0.05, 0.1) is 23.3 Å². The fraction of sp³-hybridized carbons (Fsp3) is 0.263. The van der Waals surface area contributed by atoms with Crippen molar-refractivity contribution in [1.82, 2.24) is 4.98 Å². The third kappa shape index (κ3) is 2.74. The van der Waals surface area contributed by atoms with E-state index >= 15 is 0 Å². The summed E-state index contributed by atoms with van der Waals surface area (Å²) in [6.07, 6.45) is -0.864. The number of esters is 1. The lowest BCUT2D eigenvalue weighted by Gasteiger charge is -2.38. The first kappa shape index (κ1) is 15.5. The van der Waals surface area contributed by atoms with Gasteiger partial charge < -0.3 is 19.1 Å². The van der Waals surface area contributed by atoms with Gasteiger partial charge in [-0.1, -0.05) is 35.6 Å². The molecular weight excluding hydrogens is 352 g/mol. The van der Waals surface area contributed by atoms with Crippen molar-refractivity contribution in [3.63, 3.8) is 0 Å². The van der Waals surface area contributed by atoms with E-state index in [1.165, 1.54) is 0 Å². The second kappa shape index (κ2) is 6.17. The molecule has 1 atom stereocenters. The molecule has 0 bridgehead atoms. The van der Waals surface area contributed by atoms with Gasteiger partial charge in [-0.15, -0.1) is 0 Å². The van der Waals surface area contributed by atoms with Crippen LogP contribution in [0, 0.1) is 0 Å². The molecule has 1 aromatic heterocycles. The largest absolute Gasteiger partial charge is 0.485 e. The van der Waals surface area contributed by atoms with Crippen molar-refractivity contribution in [2.45, 2.75) is 12.2 Å². The SMILES string of the molecule is O=C(OC1CN(c2nc3ccccc3s2)C1)C1COc2ccccc2O1. The van der Waals surface area contributed by atoms with Crippen LogP contribution in [-0.4, -0.2) is 42.9 Å². The molecule has 0 radical (unpaired) electrons. The summed E-state index contributed by atoms with van der Waals surface area (Å²) in [6, 6.07) is 15.4. The lowest BCUT2D eigenvalue weighted by Crippen LogP contribution is -2.54. The van der Waals surface area contributed by atoms with Gasteiger partial charge in [0.2, 0.25) is 6.10 Å². The van der Waals surface area contributed by atoms with Crippen LogP contribution in [0.3, 0.4) is 0 Å². The summed E-state index contributed by atoms with van der Waals surface area (Å²) in [5.41, 5.74) is 0.999. The number of hydrogen-bond donors (Lipinski definition) is 0. The van der Waals surface area contributed by atoms with Crippen LogP contribution in [-0.2, 0) is 9.53 Å². The van der Waals surface area contributed by atoms with Crippen LogP contribution >= 0.6 is 11.3 Å². The number of para-hydroxylation sites is 3. The zero-order valence-electron chi connectivity index (χ0n) is 13.8. The Bertz CT molecular complexity index is 934. The zero-order valence-corrected chi connectivity index (χ0v) is 14.6. The van der Waals surface area contributed by atoms with Gasteiger partial charge in [-0.3, -0.25) is 0 Å². The van der Waals surface area contributed by atoms with Crippen LogP contribution in [0.2, 0.25) is 0 Å². The molecule has 0 aliphatic carbocycles. The quantitative estimate of drug-likeness (QED) is 0.663. The van der Waals surface area contributed by atoms with Gasteiger partial charge >= 0.3 is 5.97 Å². The van der Waals surface area contributed by atoms with Crippen molar-refractivity contribution in [3.8, 4) is 11.5 Å². The van der Waals surface area contributed by atoms with Crippen LogP contribution in [0.4, 0.5) is 5.13 Å². The van der Waals surface area contributed by atoms with Gasteiger partial charge in [0.25, 0.3) is 0 Å². The molecule has 0 amide bonds. The Kier molecular flexibility index (Phi) is 3.67. The Hall–Kier alpha value is -2.80. The topological polar surface area (TPSA) is 60.9 Å². The molecule has 1 unspecified atom stereocenters. The fourth-order valence-corrected chi connectivity index (χ4v) is 4.02. The maximum Gasteiger partial charge on any atom is 0.351 e. The van der Waals surface area contributed by atoms with Gasteiger partial charge in [0.1, 0.15) is 12.7 Å². The minimum atomic E-state index is -0.721. The molecule has 1 fully saturated rings. The number of carbonyl (C=O) groups excluding carboxylic acids is 1. The van der Waals surface area contributed by atoms with Gasteiger partial charge in [0, 0.05) is 0 Å². The molecule has 0 N–H and O–H groups in total. The molecule has 1 saturated heterocycles. The highest BCUT2D eigenvalue weighted by molar-refractivity contribution is 7.22. The van der Waals surface area contributed by atoms with E-state index in [4.69, 9.17) is 14.2 Å². The third-order valence-corrected chi connectivity index (χ3v) is 5.55. The Morgan fingerprint density at radius 3 is 2.73 bits per heavy atom. The summed E-state index contributed by atoms with van der Waals surface area (Å²) >= 11 is 1.65. The van der Waals surface area contributed by atoms with E-state index in [9.17, 15) is 4.79 Å². The first-order valence-corrected chi connectivity index (χ1v) is 9.27. The van der Waals surface area contributed by atoms with E-state index in [1.54, 1.807) is 17.4 Å². The summed E-state index contributed by atoms with van der Waals surface area (Å²) in [5.74, 6) is 0.848. The first-order valence-electron chi connectivity index (χ1n) is 8.46. The van der Waals surface area contributed by atoms with Gasteiger partial charge in [-0.05, 0) is 24.3 Å². The molecule has 5 rings (SSSR count). The van der Waals surface area contributed by atoms with E-state index in [-0.39, 0.29) is 18.7 Å². The Morgan fingerprint density at radius 1 is 1.12 bits per heavy atom. The molecule has 0 saturated carbocycles. The van der Waals surface area contributed by atoms with E-state index in [0.29, 0.717) is 24.6 Å². The average Bonchev–Trinajstić information content (AvgIpc) is 3.07. The maximum atomic E-state index is 12.3. The molecule has 2 aromatic carbocycles. The number of hydrogen-bond acceptors (Lipinski definition) is 7. The summed E-state index contributed by atoms with van der Waals surface area (Å²) in [6.45, 7) is 1.47. The van der Waals surface area contributed by atoms with E-state index in [2.05, 4.69) is 16.0 Å². The Morgan fingerprint density at radius 2 is 1.88 bits per heavy atom. The minimum Gasteiger partial charge on any atom is -0.485 e. The first-order chi connectivity index (χ1) is 12.8. The molecule has 3 aromatic rings. The molecule has 2 aliphatic heterocycles. The van der Waals surface area contributed by atoms with E-state index in [1.807, 2.05) is 36.4 Å². The molecule has 26 heavy (non-hydrogen) atoms. The van der Waals surface area contributed by atoms with Crippen molar-refractivity contribution < 1.29 is 19.0 Å². The molecule has 7 heteroatoms. The molecule has 3 heterocycles. The van der Waals surface area contributed by atoms with Crippen LogP contribution in [0.15, 0.2) is 48.5 Å². The zero-order chi connectivity index (χ0) is 17.5. The molecule has 132 valence electrons. The summed E-state index contributed by atoms with van der Waals surface area (Å²) in [4.78, 5) is 19.1. The highest BCUT2D eigenvalue weighted by Crippen LogP contribution is 2.33. The molecule has 6 nitrogen and oxygen atoms in total. The van der Waals surface area contributed by atoms with Crippen molar-refractivity contribution in [3.05, 3.63) is 48.5 Å². The highest BCUT2D eigenvalue weighted by Gasteiger charge is 2.36. The number of fused-ring (bicyclic) bond motifs is 2. The molecular formula is C19H16N2O4S. The fourth-order valence-electron chi connectivity index (χ4n) is 3.04. The van der Waals surface area contributed by atoms with Gasteiger partial charge in [-0.25, -0.2) is 9.78 Å². The predicted molar refractivity (Wildman–Crippen MR) is 98.1 cm³/mol. The number of benzene rings is 2. The van der Waals surface area contributed by atoms with Crippen molar-refractivity contribution in [2.24, 2.45) is 0 Å². The van der Waals surface area contributed by atoms with Gasteiger partial charge in [0.15, 0.2) is 16.6 Å². The number of aromatic nitrogens is 1. The third-order valence-electron chi connectivity index (χ3n) is 4.46. The predicted octanol–water partition coefficient (Wildman–Crippen LogP) is 2.87. The lowest BCUT2D eigenvalue weighted by atomic mass is 10.2. The number of thiazole rings is 1. The van der Waals surface area contributed by atoms with Crippen LogP contribution in [0.25, 0.3) is 10.2 Å². The molecule has 2 aliphatic rings. The summed E-state index contributed by atoms with van der Waals surface area (Å²) < 4.78 is 18.0. The smallest absolute Gasteiger partial charge is 0.351 e. The summed E-state index contributed by atoms with van der Waals surface area (Å²) in [5, 5.41) is 0.963. The average molecular weight is 368 g/mol. The van der Waals surface area contributed by atoms with Crippen molar-refractivity contribution in [2.75, 3.05) is 24.6 Å². The standard InChI is InChI=1S/C19H16N2O4S/c22-18(16-11-23-14-6-2-3-7-15(14)25-16)24-12-9-21(10-12)19-20-13-5-1-4-8-17(13)26-19/h1-8,12,16H,9-11H2. The van der Waals surface area contributed by atoms with E-state index in [0.717, 1.165) is 15.3 Å². The number of rotatable bonds is 3. The number of anilines is 1. The van der Waals surface area contributed by atoms with E-state index < -0.39 is 6.10 Å². The Labute approximate surface area is 153 Å².